The summed E-state index contributed by atoms with van der Waals surface area (Å²) in [4.78, 5) is 0. The molecule has 0 saturated carbocycles. The predicted octanol–water partition coefficient (Wildman–Crippen LogP) is -9.96. The van der Waals surface area contributed by atoms with Gasteiger partial charge in [0.2, 0.25) is 0 Å². The van der Waals surface area contributed by atoms with Gasteiger partial charge in [0.15, 0.2) is 0 Å². The number of rotatable bonds is 0. The van der Waals surface area contributed by atoms with E-state index in [0.29, 0.717) is 0 Å². The fourth-order valence-corrected chi connectivity index (χ4v) is 0. The maximum absolute atomic E-state index is 8.80. The SMILES string of the molecule is [Li+].[Li+].[O]=[Mn](=[O])([O-])[O-].[O]=[Mn](=[O])([OH])[OH]. The molecule has 12 heteroatoms. The molecule has 0 aliphatic rings. The zero-order valence-corrected chi connectivity index (χ0v) is 8.46. The van der Waals surface area contributed by atoms with Gasteiger partial charge in [-0.2, -0.15) is 0 Å². The first-order valence-electron chi connectivity index (χ1n) is 1.26. The van der Waals surface area contributed by atoms with E-state index in [2.05, 4.69) is 0 Å². The third-order valence-corrected chi connectivity index (χ3v) is 0. The molecule has 0 atom stereocenters. The van der Waals surface area contributed by atoms with E-state index in [1.54, 1.807) is 0 Å². The van der Waals surface area contributed by atoms with Gasteiger partial charge in [-0.15, -0.1) is 0 Å². The van der Waals surface area contributed by atoms with Crippen molar-refractivity contribution in [3.63, 3.8) is 0 Å². The molecule has 66 valence electrons. The van der Waals surface area contributed by atoms with Gasteiger partial charge in [-0.25, -0.2) is 0 Å². The summed E-state index contributed by atoms with van der Waals surface area (Å²) in [6.07, 6.45) is 0. The van der Waals surface area contributed by atoms with Crippen LogP contribution in [0.4, 0.5) is 0 Å². The van der Waals surface area contributed by atoms with Gasteiger partial charge in [-0.1, -0.05) is 0 Å². The summed E-state index contributed by atoms with van der Waals surface area (Å²) in [6, 6.07) is 0. The van der Waals surface area contributed by atoms with Crippen molar-refractivity contribution in [2.45, 2.75) is 0 Å². The molecule has 0 radical (unpaired) electrons. The summed E-state index contributed by atoms with van der Waals surface area (Å²) in [6.45, 7) is 0. The van der Waals surface area contributed by atoms with Crippen LogP contribution in [0.25, 0.3) is 0 Å². The standard InChI is InChI=1S/2Li.2Mn.2H2O.6O/h;;;;2*1H2;;;;;;/q2*+1;;+2;;;;;;;2*-1/p-2. The maximum atomic E-state index is 8.80. The van der Waals surface area contributed by atoms with Crippen LogP contribution >= 0.6 is 0 Å². The van der Waals surface area contributed by atoms with Crippen molar-refractivity contribution < 1.29 is 96.6 Å². The molecule has 12 heavy (non-hydrogen) atoms. The summed E-state index contributed by atoms with van der Waals surface area (Å²) in [5.74, 6) is 0. The second kappa shape index (κ2) is 8.85. The molecule has 0 saturated heterocycles. The average molecular weight is 254 g/mol. The minimum atomic E-state index is -5.62. The Labute approximate surface area is 95.9 Å². The minimum absolute atomic E-state index is 0. The van der Waals surface area contributed by atoms with Gasteiger partial charge in [0.1, 0.15) is 0 Å². The molecule has 0 heterocycles. The number of hydrogen-bond acceptors (Lipinski definition) is 6. The fraction of sp³-hybridized carbons (Fsp3) is 0. The predicted molar refractivity (Wildman–Crippen MR) is 7.18 cm³/mol. The Morgan fingerprint density at radius 3 is 0.833 bits per heavy atom. The molecular formula is H2Li2Mn2O8. The van der Waals surface area contributed by atoms with E-state index in [-0.39, 0.29) is 37.7 Å². The number of hydrogen-bond donors (Lipinski definition) is 2. The monoisotopic (exact) mass is 254 g/mol. The van der Waals surface area contributed by atoms with E-state index in [4.69, 9.17) is 32.1 Å². The van der Waals surface area contributed by atoms with Crippen molar-refractivity contribution in [3.05, 3.63) is 0 Å². The van der Waals surface area contributed by atoms with Gasteiger partial charge >= 0.3 is 96.6 Å². The van der Waals surface area contributed by atoms with Gasteiger partial charge < -0.3 is 0 Å². The third-order valence-electron chi connectivity index (χ3n) is 0. The van der Waals surface area contributed by atoms with E-state index in [1.165, 1.54) is 0 Å². The van der Waals surface area contributed by atoms with Crippen molar-refractivity contribution in [1.82, 2.24) is 0 Å². The molecule has 0 unspecified atom stereocenters. The second-order valence-electron chi connectivity index (χ2n) is 0.793. The molecule has 0 aromatic rings. The Hall–Kier alpha value is 1.27. The van der Waals surface area contributed by atoms with Gasteiger partial charge in [0, 0.05) is 0 Å². The van der Waals surface area contributed by atoms with Gasteiger partial charge in [0.05, 0.1) is 0 Å². The van der Waals surface area contributed by atoms with Crippen LogP contribution in [0.3, 0.4) is 0 Å². The zero-order chi connectivity index (χ0) is 9.00. The van der Waals surface area contributed by atoms with Crippen LogP contribution in [0.5, 0.6) is 0 Å². The van der Waals surface area contributed by atoms with E-state index >= 15 is 0 Å². The van der Waals surface area contributed by atoms with Gasteiger partial charge in [-0.3, -0.25) is 0 Å². The summed E-state index contributed by atoms with van der Waals surface area (Å²) >= 11 is -10.8. The van der Waals surface area contributed by atoms with Crippen LogP contribution in [-0.4, -0.2) is 8.38 Å². The first-order valence-corrected chi connectivity index (χ1v) is 5.21. The van der Waals surface area contributed by atoms with Crippen LogP contribution in [-0.2, 0) is 42.1 Å². The van der Waals surface area contributed by atoms with Gasteiger partial charge in [-0.05, 0) is 0 Å². The van der Waals surface area contributed by atoms with Crippen molar-refractivity contribution in [2.24, 2.45) is 0 Å². The zero-order valence-electron chi connectivity index (χ0n) is 6.10. The van der Waals surface area contributed by atoms with Crippen molar-refractivity contribution in [2.75, 3.05) is 0 Å². The Bertz CT molecular complexity index is 211. The first-order chi connectivity index (χ1) is 4.00. The molecule has 0 bridgehead atoms. The topological polar surface area (TPSA) is 155 Å². The summed E-state index contributed by atoms with van der Waals surface area (Å²) in [7, 11) is 0. The Morgan fingerprint density at radius 1 is 0.833 bits per heavy atom. The Morgan fingerprint density at radius 2 is 0.833 bits per heavy atom. The quantitative estimate of drug-likeness (QED) is 0.403. The van der Waals surface area contributed by atoms with E-state index in [0.717, 1.165) is 0 Å². The molecule has 0 aromatic heterocycles. The molecule has 0 aliphatic heterocycles. The first kappa shape index (κ1) is 23.3. The van der Waals surface area contributed by atoms with Crippen molar-refractivity contribution in [1.29, 1.82) is 0 Å². The van der Waals surface area contributed by atoms with Crippen LogP contribution < -0.4 is 46.1 Å². The van der Waals surface area contributed by atoms with E-state index in [1.807, 2.05) is 0 Å². The molecule has 0 amide bonds. The molecular weight excluding hydrogens is 252 g/mol. The van der Waals surface area contributed by atoms with E-state index < -0.39 is 26.7 Å². The molecule has 0 aromatic carbocycles. The van der Waals surface area contributed by atoms with Crippen LogP contribution in [0.15, 0.2) is 0 Å². The van der Waals surface area contributed by atoms with Crippen molar-refractivity contribution in [3.8, 4) is 0 Å². The molecule has 0 rings (SSSR count). The summed E-state index contributed by atoms with van der Waals surface area (Å²) in [5, 5.41) is 0. The van der Waals surface area contributed by atoms with Crippen LogP contribution in [0.1, 0.15) is 0 Å². The average Bonchev–Trinajstić information content (AvgIpc) is 1.12. The Balaban J connectivity index is -0.0000000457. The van der Waals surface area contributed by atoms with E-state index in [9.17, 15) is 0 Å². The Kier molecular flexibility index (Phi) is 17.2. The third kappa shape index (κ3) is 733. The normalized spacial score (nSPS) is 9.67. The molecule has 0 fully saturated rings. The van der Waals surface area contributed by atoms with Gasteiger partial charge in [0.25, 0.3) is 0 Å². The molecule has 0 spiro atoms. The summed E-state index contributed by atoms with van der Waals surface area (Å²) < 4.78 is 66.1. The van der Waals surface area contributed by atoms with Crippen LogP contribution in [0, 0.1) is 0 Å². The van der Waals surface area contributed by atoms with Crippen molar-refractivity contribution >= 4 is 0 Å². The summed E-state index contributed by atoms with van der Waals surface area (Å²) in [5.41, 5.74) is 0. The second-order valence-corrected chi connectivity index (χ2v) is 3.27. The molecule has 2 N–H and O–H groups in total. The van der Waals surface area contributed by atoms with Crippen LogP contribution in [0.2, 0.25) is 0 Å². The fourth-order valence-electron chi connectivity index (χ4n) is 0. The molecule has 0 aliphatic carbocycles. The molecule has 8 nitrogen and oxygen atoms in total.